The topological polar surface area (TPSA) is 60.0 Å². The Morgan fingerprint density at radius 2 is 2.19 bits per heavy atom. The van der Waals surface area contributed by atoms with Crippen molar-refractivity contribution in [3.8, 4) is 11.4 Å². The molecule has 0 bridgehead atoms. The molecule has 5 heteroatoms. The molecule has 0 amide bonds. The van der Waals surface area contributed by atoms with E-state index in [1.54, 1.807) is 0 Å². The van der Waals surface area contributed by atoms with Crippen molar-refractivity contribution in [3.63, 3.8) is 0 Å². The Bertz CT molecular complexity index is 644. The van der Waals surface area contributed by atoms with Crippen LogP contribution < -0.4 is 5.73 Å². The number of hydrogen-bond acceptors (Lipinski definition) is 4. The summed E-state index contributed by atoms with van der Waals surface area (Å²) < 4.78 is 2.12. The fraction of sp³-hybridized carbons (Fsp3) is 0.500. The molecule has 1 atom stereocenters. The van der Waals surface area contributed by atoms with Crippen molar-refractivity contribution in [2.75, 3.05) is 20.6 Å². The summed E-state index contributed by atoms with van der Waals surface area (Å²) >= 11 is 0. The second kappa shape index (κ2) is 5.58. The van der Waals surface area contributed by atoms with Gasteiger partial charge in [-0.15, -0.1) is 0 Å². The van der Waals surface area contributed by atoms with Crippen molar-refractivity contribution in [2.24, 2.45) is 5.73 Å². The molecule has 2 aromatic heterocycles. The van der Waals surface area contributed by atoms with Gasteiger partial charge in [0, 0.05) is 36.1 Å². The maximum atomic E-state index is 6.47. The van der Waals surface area contributed by atoms with Gasteiger partial charge in [-0.2, -0.15) is 5.10 Å². The predicted octanol–water partition coefficient (Wildman–Crippen LogP) is 1.76. The van der Waals surface area contributed by atoms with E-state index >= 15 is 0 Å². The number of nitrogens with two attached hydrogens (primary N) is 1. The molecule has 2 aromatic rings. The maximum Gasteiger partial charge on any atom is 0.116 e. The number of hydrogen-bond donors (Lipinski definition) is 1. The number of pyridine rings is 1. The van der Waals surface area contributed by atoms with Crippen molar-refractivity contribution in [1.29, 1.82) is 0 Å². The van der Waals surface area contributed by atoms with Crippen LogP contribution in [-0.4, -0.2) is 40.3 Å². The lowest BCUT2D eigenvalue weighted by molar-refractivity contribution is 0.376. The molecule has 3 heterocycles. The van der Waals surface area contributed by atoms with E-state index in [-0.39, 0.29) is 6.04 Å². The lowest BCUT2D eigenvalue weighted by Gasteiger charge is -2.18. The zero-order chi connectivity index (χ0) is 15.0. The van der Waals surface area contributed by atoms with Crippen molar-refractivity contribution in [2.45, 2.75) is 32.4 Å². The van der Waals surface area contributed by atoms with E-state index in [1.807, 2.05) is 39.2 Å². The summed E-state index contributed by atoms with van der Waals surface area (Å²) in [6, 6.07) is 6.03. The third kappa shape index (κ3) is 2.71. The zero-order valence-electron chi connectivity index (χ0n) is 13.0. The first-order valence-electron chi connectivity index (χ1n) is 7.50. The molecule has 0 aromatic carbocycles. The van der Waals surface area contributed by atoms with E-state index in [9.17, 15) is 0 Å². The molecule has 5 nitrogen and oxygen atoms in total. The van der Waals surface area contributed by atoms with Gasteiger partial charge in [-0.05, 0) is 46.0 Å². The van der Waals surface area contributed by atoms with Crippen LogP contribution in [0.25, 0.3) is 11.4 Å². The highest BCUT2D eigenvalue weighted by Crippen LogP contribution is 2.32. The first-order chi connectivity index (χ1) is 10.1. The molecule has 21 heavy (non-hydrogen) atoms. The van der Waals surface area contributed by atoms with Crippen LogP contribution in [0.15, 0.2) is 18.2 Å². The van der Waals surface area contributed by atoms with Crippen LogP contribution in [0.4, 0.5) is 0 Å². The molecule has 0 fully saturated rings. The Balaban J connectivity index is 2.08. The summed E-state index contributed by atoms with van der Waals surface area (Å²) in [5, 5.41) is 4.79. The highest BCUT2D eigenvalue weighted by atomic mass is 15.3. The summed E-state index contributed by atoms with van der Waals surface area (Å²) in [5.74, 6) is 0. The van der Waals surface area contributed by atoms with Gasteiger partial charge in [0.05, 0.1) is 5.69 Å². The van der Waals surface area contributed by atoms with Crippen LogP contribution in [0.3, 0.4) is 0 Å². The summed E-state index contributed by atoms with van der Waals surface area (Å²) in [4.78, 5) is 6.76. The SMILES string of the molecule is Cc1cccc(-c2nn3c(c2C(N)CN(C)C)CCC3)n1. The van der Waals surface area contributed by atoms with Gasteiger partial charge in [0.1, 0.15) is 5.69 Å². The molecule has 0 aliphatic carbocycles. The summed E-state index contributed by atoms with van der Waals surface area (Å²) in [6.07, 6.45) is 2.22. The van der Waals surface area contributed by atoms with Gasteiger partial charge >= 0.3 is 0 Å². The Labute approximate surface area is 125 Å². The minimum absolute atomic E-state index is 0.0286. The number of aromatic nitrogens is 3. The summed E-state index contributed by atoms with van der Waals surface area (Å²) in [5.41, 5.74) is 11.8. The lowest BCUT2D eigenvalue weighted by atomic mass is 10.0. The lowest BCUT2D eigenvalue weighted by Crippen LogP contribution is -2.27. The fourth-order valence-corrected chi connectivity index (χ4v) is 3.09. The average molecular weight is 285 g/mol. The van der Waals surface area contributed by atoms with Crippen LogP contribution in [-0.2, 0) is 13.0 Å². The van der Waals surface area contributed by atoms with Gasteiger partial charge in [0.15, 0.2) is 0 Å². The highest BCUT2D eigenvalue weighted by Gasteiger charge is 2.27. The van der Waals surface area contributed by atoms with Gasteiger partial charge in [-0.1, -0.05) is 6.07 Å². The van der Waals surface area contributed by atoms with Crippen LogP contribution in [0, 0.1) is 6.92 Å². The Hall–Kier alpha value is -1.72. The van der Waals surface area contributed by atoms with E-state index in [4.69, 9.17) is 10.8 Å². The molecular formula is C16H23N5. The molecule has 0 radical (unpaired) electrons. The monoisotopic (exact) mass is 285 g/mol. The standard InChI is InChI=1S/C16H23N5/c1-11-6-4-7-13(18-11)16-15(12(17)10-20(2)3)14-8-5-9-21(14)19-16/h4,6-7,12H,5,8-10,17H2,1-3H3. The second-order valence-electron chi connectivity index (χ2n) is 6.07. The molecular weight excluding hydrogens is 262 g/mol. The van der Waals surface area contributed by atoms with Gasteiger partial charge < -0.3 is 10.6 Å². The molecule has 1 unspecified atom stereocenters. The van der Waals surface area contributed by atoms with E-state index < -0.39 is 0 Å². The molecule has 112 valence electrons. The average Bonchev–Trinajstić information content (AvgIpc) is 2.97. The molecule has 3 rings (SSSR count). The quantitative estimate of drug-likeness (QED) is 0.930. The number of likely N-dealkylation sites (N-methyl/N-ethyl adjacent to an activating group) is 1. The fourth-order valence-electron chi connectivity index (χ4n) is 3.09. The molecule has 0 saturated heterocycles. The van der Waals surface area contributed by atoms with Gasteiger partial charge in [0.2, 0.25) is 0 Å². The first-order valence-corrected chi connectivity index (χ1v) is 7.50. The third-order valence-corrected chi connectivity index (χ3v) is 3.95. The van der Waals surface area contributed by atoms with E-state index in [0.29, 0.717) is 0 Å². The van der Waals surface area contributed by atoms with Crippen molar-refractivity contribution in [1.82, 2.24) is 19.7 Å². The number of fused-ring (bicyclic) bond motifs is 1. The zero-order valence-corrected chi connectivity index (χ0v) is 13.0. The molecule has 0 spiro atoms. The Kier molecular flexibility index (Phi) is 3.78. The normalized spacial score (nSPS) is 15.5. The Morgan fingerprint density at radius 1 is 1.38 bits per heavy atom. The largest absolute Gasteiger partial charge is 0.323 e. The van der Waals surface area contributed by atoms with Gasteiger partial charge in [-0.3, -0.25) is 9.67 Å². The second-order valence-corrected chi connectivity index (χ2v) is 6.07. The number of nitrogens with zero attached hydrogens (tertiary/aromatic N) is 4. The van der Waals surface area contributed by atoms with Crippen LogP contribution in [0.1, 0.15) is 29.4 Å². The van der Waals surface area contributed by atoms with E-state index in [0.717, 1.165) is 43.0 Å². The smallest absolute Gasteiger partial charge is 0.116 e. The van der Waals surface area contributed by atoms with Gasteiger partial charge in [-0.25, -0.2) is 0 Å². The minimum atomic E-state index is -0.0286. The molecule has 0 saturated carbocycles. The number of rotatable bonds is 4. The van der Waals surface area contributed by atoms with Crippen LogP contribution in [0.5, 0.6) is 0 Å². The number of aryl methyl sites for hydroxylation is 2. The molecule has 2 N–H and O–H groups in total. The minimum Gasteiger partial charge on any atom is -0.323 e. The Morgan fingerprint density at radius 3 is 2.90 bits per heavy atom. The predicted molar refractivity (Wildman–Crippen MR) is 84.0 cm³/mol. The first kappa shape index (κ1) is 14.2. The summed E-state index contributed by atoms with van der Waals surface area (Å²) in [6.45, 7) is 3.81. The van der Waals surface area contributed by atoms with Crippen LogP contribution >= 0.6 is 0 Å². The highest BCUT2D eigenvalue weighted by molar-refractivity contribution is 5.61. The third-order valence-electron chi connectivity index (χ3n) is 3.95. The van der Waals surface area contributed by atoms with Crippen molar-refractivity contribution in [3.05, 3.63) is 35.2 Å². The van der Waals surface area contributed by atoms with Crippen LogP contribution in [0.2, 0.25) is 0 Å². The summed E-state index contributed by atoms with van der Waals surface area (Å²) in [7, 11) is 4.10. The van der Waals surface area contributed by atoms with Gasteiger partial charge in [0.25, 0.3) is 0 Å². The van der Waals surface area contributed by atoms with Crippen molar-refractivity contribution >= 4 is 0 Å². The van der Waals surface area contributed by atoms with Crippen molar-refractivity contribution < 1.29 is 0 Å². The molecule has 1 aliphatic rings. The van der Waals surface area contributed by atoms with E-state index in [2.05, 4.69) is 14.6 Å². The molecule has 1 aliphatic heterocycles. The van der Waals surface area contributed by atoms with E-state index in [1.165, 1.54) is 11.3 Å². The maximum absolute atomic E-state index is 6.47.